The van der Waals surface area contributed by atoms with E-state index in [0.717, 1.165) is 40.9 Å². The van der Waals surface area contributed by atoms with Crippen LogP contribution < -0.4 is 10.1 Å². The minimum Gasteiger partial charge on any atom is -0.496 e. The number of nitrogens with one attached hydrogen (secondary N) is 1. The Hall–Kier alpha value is -0.740. The third kappa shape index (κ3) is 4.89. The molecule has 0 atom stereocenters. The summed E-state index contributed by atoms with van der Waals surface area (Å²) in [6.07, 6.45) is 0.853. The van der Waals surface area contributed by atoms with Crippen molar-refractivity contribution in [1.29, 1.82) is 0 Å². The van der Waals surface area contributed by atoms with Gasteiger partial charge in [-0.1, -0.05) is 45.2 Å². The number of hydrogen-bond acceptors (Lipinski definition) is 2. The van der Waals surface area contributed by atoms with Crippen molar-refractivity contribution in [3.63, 3.8) is 0 Å². The number of methoxy groups -OCH3 is 1. The Balaban J connectivity index is 1.88. The number of halogens is 3. The first-order valence-corrected chi connectivity index (χ1v) is 8.12. The lowest BCUT2D eigenvalue weighted by atomic mass is 10.1. The highest BCUT2D eigenvalue weighted by atomic mass is 79.9. The van der Waals surface area contributed by atoms with E-state index in [1.54, 1.807) is 13.2 Å². The van der Waals surface area contributed by atoms with E-state index >= 15 is 0 Å². The SMILES string of the molecule is COc1ccc(Br)cc1CNCCc1ccc(Cl)cc1Cl. The van der Waals surface area contributed by atoms with Crippen molar-refractivity contribution in [2.75, 3.05) is 13.7 Å². The molecule has 0 fully saturated rings. The normalized spacial score (nSPS) is 10.7. The van der Waals surface area contributed by atoms with Crippen LogP contribution in [0.5, 0.6) is 5.75 Å². The Morgan fingerprint density at radius 3 is 2.62 bits per heavy atom. The van der Waals surface area contributed by atoms with Crippen LogP contribution in [-0.2, 0) is 13.0 Å². The Bertz CT molecular complexity index is 619. The first-order chi connectivity index (χ1) is 10.1. The molecular weight excluding hydrogens is 373 g/mol. The van der Waals surface area contributed by atoms with Crippen molar-refractivity contribution < 1.29 is 4.74 Å². The minimum atomic E-state index is 0.663. The van der Waals surface area contributed by atoms with Crippen molar-refractivity contribution in [3.8, 4) is 5.75 Å². The highest BCUT2D eigenvalue weighted by molar-refractivity contribution is 9.10. The zero-order valence-corrected chi connectivity index (χ0v) is 14.7. The van der Waals surface area contributed by atoms with E-state index < -0.39 is 0 Å². The van der Waals surface area contributed by atoms with Gasteiger partial charge in [-0.25, -0.2) is 0 Å². The van der Waals surface area contributed by atoms with Crippen LogP contribution in [0.1, 0.15) is 11.1 Å². The summed E-state index contributed by atoms with van der Waals surface area (Å²) in [6, 6.07) is 11.6. The van der Waals surface area contributed by atoms with E-state index in [1.165, 1.54) is 0 Å². The molecule has 5 heteroatoms. The molecule has 2 aromatic rings. The zero-order chi connectivity index (χ0) is 15.2. The second kappa shape index (κ2) is 8.04. The number of rotatable bonds is 6. The number of hydrogen-bond donors (Lipinski definition) is 1. The van der Waals surface area contributed by atoms with Crippen LogP contribution in [0.25, 0.3) is 0 Å². The van der Waals surface area contributed by atoms with Gasteiger partial charge in [-0.05, 0) is 48.9 Å². The second-order valence-electron chi connectivity index (χ2n) is 4.62. The molecule has 0 saturated heterocycles. The van der Waals surface area contributed by atoms with Crippen LogP contribution in [-0.4, -0.2) is 13.7 Å². The summed E-state index contributed by atoms with van der Waals surface area (Å²) in [4.78, 5) is 0. The summed E-state index contributed by atoms with van der Waals surface area (Å²) in [5.74, 6) is 0.884. The van der Waals surface area contributed by atoms with E-state index in [2.05, 4.69) is 27.3 Å². The average Bonchev–Trinajstić information content (AvgIpc) is 2.45. The van der Waals surface area contributed by atoms with Crippen molar-refractivity contribution in [2.45, 2.75) is 13.0 Å². The Morgan fingerprint density at radius 1 is 1.10 bits per heavy atom. The molecule has 0 saturated carbocycles. The summed E-state index contributed by atoms with van der Waals surface area (Å²) < 4.78 is 6.39. The van der Waals surface area contributed by atoms with Crippen molar-refractivity contribution in [2.24, 2.45) is 0 Å². The van der Waals surface area contributed by atoms with E-state index in [4.69, 9.17) is 27.9 Å². The third-order valence-corrected chi connectivity index (χ3v) is 4.22. The maximum absolute atomic E-state index is 6.16. The van der Waals surface area contributed by atoms with E-state index in [1.807, 2.05) is 24.3 Å². The average molecular weight is 389 g/mol. The van der Waals surface area contributed by atoms with Crippen LogP contribution in [0.15, 0.2) is 40.9 Å². The Labute approximate surface area is 143 Å². The molecule has 0 aliphatic rings. The molecule has 0 aliphatic heterocycles. The van der Waals surface area contributed by atoms with Crippen LogP contribution in [0.2, 0.25) is 10.0 Å². The molecule has 0 aliphatic carbocycles. The van der Waals surface area contributed by atoms with Gasteiger partial charge >= 0.3 is 0 Å². The van der Waals surface area contributed by atoms with E-state index in [0.29, 0.717) is 10.0 Å². The summed E-state index contributed by atoms with van der Waals surface area (Å²) in [5, 5.41) is 4.78. The molecule has 2 aromatic carbocycles. The lowest BCUT2D eigenvalue weighted by Gasteiger charge is -2.11. The number of ether oxygens (including phenoxy) is 1. The van der Waals surface area contributed by atoms with Gasteiger partial charge in [0.1, 0.15) is 5.75 Å². The first-order valence-electron chi connectivity index (χ1n) is 6.57. The fourth-order valence-corrected chi connectivity index (χ4v) is 2.97. The maximum atomic E-state index is 6.16. The standard InChI is InChI=1S/C16H16BrCl2NO/c1-21-16-5-3-13(17)8-12(16)10-20-7-6-11-2-4-14(18)9-15(11)19/h2-5,8-9,20H,6-7,10H2,1H3. The fourth-order valence-electron chi connectivity index (χ4n) is 2.06. The van der Waals surface area contributed by atoms with Crippen LogP contribution in [0.4, 0.5) is 0 Å². The second-order valence-corrected chi connectivity index (χ2v) is 6.38. The fraction of sp³-hybridized carbons (Fsp3) is 0.250. The molecular formula is C16H16BrCl2NO. The van der Waals surface area contributed by atoms with Gasteiger partial charge in [0.15, 0.2) is 0 Å². The zero-order valence-electron chi connectivity index (χ0n) is 11.6. The molecule has 0 heterocycles. The molecule has 21 heavy (non-hydrogen) atoms. The minimum absolute atomic E-state index is 0.663. The Morgan fingerprint density at radius 2 is 1.90 bits per heavy atom. The molecule has 1 N–H and O–H groups in total. The van der Waals surface area contributed by atoms with Gasteiger partial charge in [0, 0.05) is 26.6 Å². The topological polar surface area (TPSA) is 21.3 Å². The largest absolute Gasteiger partial charge is 0.496 e. The highest BCUT2D eigenvalue weighted by Gasteiger charge is 2.04. The van der Waals surface area contributed by atoms with Crippen LogP contribution >= 0.6 is 39.1 Å². The molecule has 0 spiro atoms. The molecule has 0 bridgehead atoms. The summed E-state index contributed by atoms with van der Waals surface area (Å²) >= 11 is 15.5. The highest BCUT2D eigenvalue weighted by Crippen LogP contribution is 2.23. The molecule has 0 aromatic heterocycles. The molecule has 0 unspecified atom stereocenters. The third-order valence-electron chi connectivity index (χ3n) is 3.14. The van der Waals surface area contributed by atoms with E-state index in [9.17, 15) is 0 Å². The Kier molecular flexibility index (Phi) is 6.37. The predicted molar refractivity (Wildman–Crippen MR) is 92.6 cm³/mol. The molecule has 0 amide bonds. The lowest BCUT2D eigenvalue weighted by molar-refractivity contribution is 0.407. The van der Waals surface area contributed by atoms with Gasteiger partial charge in [0.05, 0.1) is 7.11 Å². The summed E-state index contributed by atoms with van der Waals surface area (Å²) in [6.45, 7) is 1.57. The molecule has 0 radical (unpaired) electrons. The van der Waals surface area contributed by atoms with Gasteiger partial charge in [0.25, 0.3) is 0 Å². The first kappa shape index (κ1) is 16.6. The van der Waals surface area contributed by atoms with Gasteiger partial charge < -0.3 is 10.1 Å². The lowest BCUT2D eigenvalue weighted by Crippen LogP contribution is -2.17. The van der Waals surface area contributed by atoms with Gasteiger partial charge in [-0.2, -0.15) is 0 Å². The van der Waals surface area contributed by atoms with Crippen molar-refractivity contribution in [1.82, 2.24) is 5.32 Å². The van der Waals surface area contributed by atoms with Crippen molar-refractivity contribution in [3.05, 3.63) is 62.0 Å². The molecule has 2 nitrogen and oxygen atoms in total. The quantitative estimate of drug-likeness (QED) is 0.695. The number of benzene rings is 2. The van der Waals surface area contributed by atoms with Crippen LogP contribution in [0, 0.1) is 0 Å². The van der Waals surface area contributed by atoms with Crippen molar-refractivity contribution >= 4 is 39.1 Å². The smallest absolute Gasteiger partial charge is 0.123 e. The molecule has 2 rings (SSSR count). The maximum Gasteiger partial charge on any atom is 0.123 e. The monoisotopic (exact) mass is 387 g/mol. The summed E-state index contributed by atoms with van der Waals surface area (Å²) in [5.41, 5.74) is 2.21. The van der Waals surface area contributed by atoms with Crippen LogP contribution in [0.3, 0.4) is 0 Å². The van der Waals surface area contributed by atoms with Gasteiger partial charge in [-0.3, -0.25) is 0 Å². The van der Waals surface area contributed by atoms with Gasteiger partial charge in [-0.15, -0.1) is 0 Å². The van der Waals surface area contributed by atoms with E-state index in [-0.39, 0.29) is 0 Å². The van der Waals surface area contributed by atoms with Gasteiger partial charge in [0.2, 0.25) is 0 Å². The molecule has 112 valence electrons. The predicted octanol–water partition coefficient (Wildman–Crippen LogP) is 5.10. The summed E-state index contributed by atoms with van der Waals surface area (Å²) in [7, 11) is 1.68.